The molecular formula is C12H15F3N2O2. The van der Waals surface area contributed by atoms with Crippen molar-refractivity contribution in [1.82, 2.24) is 10.6 Å². The van der Waals surface area contributed by atoms with E-state index >= 15 is 0 Å². The summed E-state index contributed by atoms with van der Waals surface area (Å²) in [6, 6.07) is 2.58. The molecule has 0 saturated carbocycles. The maximum Gasteiger partial charge on any atom is 0.314 e. The predicted octanol–water partition coefficient (Wildman–Crippen LogP) is 1.66. The van der Waals surface area contributed by atoms with E-state index in [2.05, 4.69) is 10.6 Å². The Labute approximate surface area is 108 Å². The Morgan fingerprint density at radius 2 is 1.89 bits per heavy atom. The maximum absolute atomic E-state index is 13.3. The average molecular weight is 276 g/mol. The minimum absolute atomic E-state index is 0.145. The van der Waals surface area contributed by atoms with Crippen LogP contribution in [0.5, 0.6) is 0 Å². The highest BCUT2D eigenvalue weighted by atomic mass is 19.1. The maximum atomic E-state index is 13.3. The number of alkyl halides is 1. The normalized spacial score (nSPS) is 12.0. The molecule has 0 aromatic heterocycles. The minimum atomic E-state index is -1.49. The highest BCUT2D eigenvalue weighted by Crippen LogP contribution is 2.19. The van der Waals surface area contributed by atoms with Crippen LogP contribution in [0.25, 0.3) is 0 Å². The largest absolute Gasteiger partial charge is 0.386 e. The lowest BCUT2D eigenvalue weighted by Crippen LogP contribution is -2.38. The number of benzene rings is 1. The Bertz CT molecular complexity index is 409. The Morgan fingerprint density at radius 1 is 1.26 bits per heavy atom. The number of aliphatic hydroxyl groups excluding tert-OH is 1. The number of urea groups is 1. The first-order chi connectivity index (χ1) is 9.06. The molecule has 0 aliphatic rings. The standard InChI is InChI=1S/C12H15F3N2O2/c13-5-2-6-16-12(19)17-7-10(18)11-8(14)3-1-4-9(11)15/h1,3-4,10,18H,2,5-7H2,(H2,16,17,19). The Hall–Kier alpha value is -1.76. The summed E-state index contributed by atoms with van der Waals surface area (Å²) in [6.45, 7) is -0.755. The van der Waals surface area contributed by atoms with Crippen molar-refractivity contribution in [2.75, 3.05) is 19.8 Å². The van der Waals surface area contributed by atoms with E-state index < -0.39 is 36.0 Å². The third-order valence-electron chi connectivity index (χ3n) is 2.38. The average Bonchev–Trinajstić information content (AvgIpc) is 2.36. The van der Waals surface area contributed by atoms with Gasteiger partial charge in [-0.05, 0) is 18.6 Å². The first-order valence-corrected chi connectivity index (χ1v) is 5.76. The van der Waals surface area contributed by atoms with Gasteiger partial charge in [-0.2, -0.15) is 0 Å². The molecular weight excluding hydrogens is 261 g/mol. The molecule has 0 bridgehead atoms. The third-order valence-corrected chi connectivity index (χ3v) is 2.38. The number of rotatable bonds is 6. The Morgan fingerprint density at radius 3 is 2.47 bits per heavy atom. The van der Waals surface area contributed by atoms with E-state index in [1.165, 1.54) is 6.07 Å². The molecule has 0 radical (unpaired) electrons. The monoisotopic (exact) mass is 276 g/mol. The van der Waals surface area contributed by atoms with E-state index in [9.17, 15) is 23.1 Å². The van der Waals surface area contributed by atoms with Crippen molar-refractivity contribution in [3.05, 3.63) is 35.4 Å². The van der Waals surface area contributed by atoms with Crippen LogP contribution in [0.3, 0.4) is 0 Å². The van der Waals surface area contributed by atoms with Gasteiger partial charge >= 0.3 is 6.03 Å². The van der Waals surface area contributed by atoms with Crippen LogP contribution >= 0.6 is 0 Å². The van der Waals surface area contributed by atoms with Crippen LogP contribution < -0.4 is 10.6 Å². The summed E-state index contributed by atoms with van der Waals surface area (Å²) in [5, 5.41) is 14.2. The van der Waals surface area contributed by atoms with Crippen LogP contribution in [0.1, 0.15) is 18.1 Å². The van der Waals surface area contributed by atoms with E-state index in [4.69, 9.17) is 0 Å². The summed E-state index contributed by atoms with van der Waals surface area (Å²) < 4.78 is 38.4. The highest BCUT2D eigenvalue weighted by molar-refractivity contribution is 5.73. The Kier molecular flexibility index (Phi) is 6.14. The number of hydrogen-bond donors (Lipinski definition) is 3. The molecule has 1 atom stereocenters. The fraction of sp³-hybridized carbons (Fsp3) is 0.417. The zero-order valence-electron chi connectivity index (χ0n) is 10.1. The molecule has 0 heterocycles. The molecule has 19 heavy (non-hydrogen) atoms. The quantitative estimate of drug-likeness (QED) is 0.692. The predicted molar refractivity (Wildman–Crippen MR) is 63.3 cm³/mol. The Balaban J connectivity index is 2.47. The van der Waals surface area contributed by atoms with Crippen LogP contribution in [-0.4, -0.2) is 30.9 Å². The van der Waals surface area contributed by atoms with Crippen LogP contribution in [0.15, 0.2) is 18.2 Å². The molecule has 0 spiro atoms. The highest BCUT2D eigenvalue weighted by Gasteiger charge is 2.18. The lowest BCUT2D eigenvalue weighted by molar-refractivity contribution is 0.164. The zero-order valence-corrected chi connectivity index (χ0v) is 10.1. The van der Waals surface area contributed by atoms with E-state index in [0.717, 1.165) is 12.1 Å². The summed E-state index contributed by atoms with van der Waals surface area (Å²) >= 11 is 0. The molecule has 1 rings (SSSR count). The number of aliphatic hydroxyl groups is 1. The van der Waals surface area contributed by atoms with Crippen molar-refractivity contribution in [2.24, 2.45) is 0 Å². The molecule has 7 heteroatoms. The van der Waals surface area contributed by atoms with Gasteiger partial charge in [0.25, 0.3) is 0 Å². The van der Waals surface area contributed by atoms with Crippen molar-refractivity contribution in [2.45, 2.75) is 12.5 Å². The summed E-state index contributed by atoms with van der Waals surface area (Å²) in [5.41, 5.74) is -0.494. The number of carbonyl (C=O) groups is 1. The minimum Gasteiger partial charge on any atom is -0.386 e. The molecule has 4 nitrogen and oxygen atoms in total. The van der Waals surface area contributed by atoms with Crippen LogP contribution in [0.4, 0.5) is 18.0 Å². The molecule has 0 aliphatic carbocycles. The van der Waals surface area contributed by atoms with Gasteiger partial charge in [0.2, 0.25) is 0 Å². The van der Waals surface area contributed by atoms with Gasteiger partial charge in [-0.3, -0.25) is 4.39 Å². The second kappa shape index (κ2) is 7.63. The molecule has 106 valence electrons. The molecule has 1 unspecified atom stereocenters. The molecule has 0 fully saturated rings. The molecule has 0 saturated heterocycles. The number of nitrogens with one attached hydrogen (secondary N) is 2. The van der Waals surface area contributed by atoms with Crippen molar-refractivity contribution in [3.8, 4) is 0 Å². The summed E-state index contributed by atoms with van der Waals surface area (Å²) in [4.78, 5) is 11.2. The second-order valence-electron chi connectivity index (χ2n) is 3.83. The number of hydrogen-bond acceptors (Lipinski definition) is 2. The van der Waals surface area contributed by atoms with Gasteiger partial charge in [-0.25, -0.2) is 13.6 Å². The SMILES string of the molecule is O=C(NCCCF)NCC(O)c1c(F)cccc1F. The van der Waals surface area contributed by atoms with Gasteiger partial charge < -0.3 is 15.7 Å². The van der Waals surface area contributed by atoms with E-state index in [1.54, 1.807) is 0 Å². The smallest absolute Gasteiger partial charge is 0.314 e. The van der Waals surface area contributed by atoms with E-state index in [1.807, 2.05) is 0 Å². The van der Waals surface area contributed by atoms with Crippen LogP contribution in [0, 0.1) is 11.6 Å². The fourth-order valence-corrected chi connectivity index (χ4v) is 1.45. The first-order valence-electron chi connectivity index (χ1n) is 5.76. The fourth-order valence-electron chi connectivity index (χ4n) is 1.45. The zero-order chi connectivity index (χ0) is 14.3. The number of carbonyl (C=O) groups excluding carboxylic acids is 1. The van der Waals surface area contributed by atoms with Gasteiger partial charge in [-0.15, -0.1) is 0 Å². The van der Waals surface area contributed by atoms with Gasteiger partial charge in [0.1, 0.15) is 17.7 Å². The van der Waals surface area contributed by atoms with Gasteiger partial charge in [0.05, 0.1) is 12.2 Å². The van der Waals surface area contributed by atoms with Crippen molar-refractivity contribution in [3.63, 3.8) is 0 Å². The van der Waals surface area contributed by atoms with Gasteiger partial charge in [0.15, 0.2) is 0 Å². The van der Waals surface area contributed by atoms with Crippen molar-refractivity contribution < 1.29 is 23.1 Å². The lowest BCUT2D eigenvalue weighted by Gasteiger charge is -2.14. The molecule has 0 aliphatic heterocycles. The molecule has 3 N–H and O–H groups in total. The summed E-state index contributed by atoms with van der Waals surface area (Å²) in [7, 11) is 0. The van der Waals surface area contributed by atoms with Crippen molar-refractivity contribution >= 4 is 6.03 Å². The second-order valence-corrected chi connectivity index (χ2v) is 3.83. The van der Waals surface area contributed by atoms with Gasteiger partial charge in [0, 0.05) is 13.1 Å². The molecule has 2 amide bonds. The van der Waals surface area contributed by atoms with Gasteiger partial charge in [-0.1, -0.05) is 6.07 Å². The van der Waals surface area contributed by atoms with E-state index in [0.29, 0.717) is 0 Å². The van der Waals surface area contributed by atoms with E-state index in [-0.39, 0.29) is 19.5 Å². The summed E-state index contributed by atoms with van der Waals surface area (Å²) in [5.74, 6) is -1.76. The summed E-state index contributed by atoms with van der Waals surface area (Å²) in [6.07, 6.45) is -1.31. The number of amides is 2. The third kappa shape index (κ3) is 4.78. The van der Waals surface area contributed by atoms with Crippen molar-refractivity contribution in [1.29, 1.82) is 0 Å². The van der Waals surface area contributed by atoms with Crippen LogP contribution in [0.2, 0.25) is 0 Å². The topological polar surface area (TPSA) is 61.4 Å². The first kappa shape index (κ1) is 15.3. The lowest BCUT2D eigenvalue weighted by atomic mass is 10.1. The molecule has 1 aromatic rings. The van der Waals surface area contributed by atoms with Crippen LogP contribution in [-0.2, 0) is 0 Å². The molecule has 1 aromatic carbocycles. The number of halogens is 3.